The molecule has 0 bridgehead atoms. The van der Waals surface area contributed by atoms with Crippen LogP contribution in [0.5, 0.6) is 5.75 Å². The summed E-state index contributed by atoms with van der Waals surface area (Å²) < 4.78 is 26.9. The third kappa shape index (κ3) is 11.6. The average molecular weight is 358 g/mol. The van der Waals surface area contributed by atoms with Gasteiger partial charge in [-0.25, -0.2) is 4.57 Å². The molecule has 0 heterocycles. The number of ether oxygens (including phenoxy) is 1. The van der Waals surface area contributed by atoms with Crippen molar-refractivity contribution in [1.29, 1.82) is 0 Å². The SMILES string of the molecule is CCCCCCCCCCOP(=O)(O)OCCOc1ccccc1. The normalized spacial score (nSPS) is 13.6. The first kappa shape index (κ1) is 21.2. The Kier molecular flexibility index (Phi) is 11.8. The van der Waals surface area contributed by atoms with Gasteiger partial charge in [0.1, 0.15) is 12.4 Å². The lowest BCUT2D eigenvalue weighted by molar-refractivity contribution is 0.127. The molecule has 0 saturated heterocycles. The maximum Gasteiger partial charge on any atom is 0.472 e. The highest BCUT2D eigenvalue weighted by molar-refractivity contribution is 7.47. The van der Waals surface area contributed by atoms with E-state index in [2.05, 4.69) is 6.92 Å². The van der Waals surface area contributed by atoms with E-state index < -0.39 is 7.82 Å². The fraction of sp³-hybridized carbons (Fsp3) is 0.667. The summed E-state index contributed by atoms with van der Waals surface area (Å²) in [6.07, 6.45) is 9.32. The van der Waals surface area contributed by atoms with E-state index in [0.29, 0.717) is 5.75 Å². The van der Waals surface area contributed by atoms with Crippen molar-refractivity contribution in [3.8, 4) is 5.75 Å². The van der Waals surface area contributed by atoms with Crippen LogP contribution in [0.3, 0.4) is 0 Å². The summed E-state index contributed by atoms with van der Waals surface area (Å²) in [5.74, 6) is 0.703. The molecule has 0 aliphatic rings. The van der Waals surface area contributed by atoms with E-state index in [1.807, 2.05) is 30.3 Å². The largest absolute Gasteiger partial charge is 0.491 e. The van der Waals surface area contributed by atoms with E-state index in [4.69, 9.17) is 13.8 Å². The van der Waals surface area contributed by atoms with Crippen molar-refractivity contribution in [1.82, 2.24) is 0 Å². The monoisotopic (exact) mass is 358 g/mol. The minimum Gasteiger partial charge on any atom is -0.491 e. The second-order valence-corrected chi connectivity index (χ2v) is 7.22. The number of hydrogen-bond donors (Lipinski definition) is 1. The molecule has 1 unspecified atom stereocenters. The molecule has 0 amide bonds. The molecule has 0 fully saturated rings. The topological polar surface area (TPSA) is 65.0 Å². The van der Waals surface area contributed by atoms with Crippen LogP contribution in [0.1, 0.15) is 58.3 Å². The zero-order valence-corrected chi connectivity index (χ0v) is 15.6. The molecule has 0 aliphatic heterocycles. The third-order valence-electron chi connectivity index (χ3n) is 3.60. The lowest BCUT2D eigenvalue weighted by atomic mass is 10.1. The molecule has 0 saturated carbocycles. The Morgan fingerprint density at radius 3 is 2.08 bits per heavy atom. The van der Waals surface area contributed by atoms with E-state index in [-0.39, 0.29) is 19.8 Å². The summed E-state index contributed by atoms with van der Waals surface area (Å²) in [5, 5.41) is 0. The molecule has 0 radical (unpaired) electrons. The lowest BCUT2D eigenvalue weighted by Crippen LogP contribution is -2.07. The van der Waals surface area contributed by atoms with Gasteiger partial charge in [0.2, 0.25) is 0 Å². The van der Waals surface area contributed by atoms with Crippen LogP contribution in [0, 0.1) is 0 Å². The lowest BCUT2D eigenvalue weighted by Gasteiger charge is -2.12. The minimum atomic E-state index is -3.96. The van der Waals surface area contributed by atoms with Crippen LogP contribution in [0.2, 0.25) is 0 Å². The molecule has 1 atom stereocenters. The molecule has 0 aromatic heterocycles. The second kappa shape index (κ2) is 13.4. The van der Waals surface area contributed by atoms with E-state index in [1.165, 1.54) is 32.1 Å². The van der Waals surface area contributed by atoms with Gasteiger partial charge in [0.15, 0.2) is 0 Å². The number of unbranched alkanes of at least 4 members (excludes halogenated alkanes) is 7. The minimum absolute atomic E-state index is 0.0140. The van der Waals surface area contributed by atoms with Crippen molar-refractivity contribution in [3.63, 3.8) is 0 Å². The molecule has 1 N–H and O–H groups in total. The Morgan fingerprint density at radius 1 is 0.833 bits per heavy atom. The molecule has 1 aromatic rings. The Hall–Kier alpha value is -0.870. The van der Waals surface area contributed by atoms with Gasteiger partial charge in [-0.1, -0.05) is 70.1 Å². The maximum atomic E-state index is 11.7. The predicted octanol–water partition coefficient (Wildman–Crippen LogP) is 5.34. The van der Waals surface area contributed by atoms with Crippen LogP contribution in [0.15, 0.2) is 30.3 Å². The highest BCUT2D eigenvalue weighted by Gasteiger charge is 2.20. The van der Waals surface area contributed by atoms with Crippen LogP contribution in [-0.2, 0) is 13.6 Å². The maximum absolute atomic E-state index is 11.7. The van der Waals surface area contributed by atoms with Crippen molar-refractivity contribution in [2.45, 2.75) is 58.3 Å². The molecule has 0 aliphatic carbocycles. The number of phosphoric acid groups is 1. The zero-order valence-electron chi connectivity index (χ0n) is 14.7. The van der Waals surface area contributed by atoms with Crippen molar-refractivity contribution in [2.75, 3.05) is 19.8 Å². The number of para-hydroxylation sites is 1. The fourth-order valence-corrected chi connectivity index (χ4v) is 3.02. The van der Waals surface area contributed by atoms with Crippen molar-refractivity contribution < 1.29 is 23.2 Å². The van der Waals surface area contributed by atoms with Crippen LogP contribution >= 0.6 is 7.82 Å². The van der Waals surface area contributed by atoms with Gasteiger partial charge in [-0.15, -0.1) is 0 Å². The summed E-state index contributed by atoms with van der Waals surface area (Å²) in [7, 11) is -3.96. The molecule has 6 heteroatoms. The van der Waals surface area contributed by atoms with Crippen LogP contribution in [0.4, 0.5) is 0 Å². The number of hydrogen-bond acceptors (Lipinski definition) is 4. The Bertz CT molecular complexity index is 452. The van der Waals surface area contributed by atoms with Gasteiger partial charge in [-0.2, -0.15) is 0 Å². The van der Waals surface area contributed by atoms with Crippen molar-refractivity contribution in [2.24, 2.45) is 0 Å². The third-order valence-corrected chi connectivity index (χ3v) is 4.62. The molecule has 24 heavy (non-hydrogen) atoms. The molecular formula is C18H31O5P. The van der Waals surface area contributed by atoms with Crippen molar-refractivity contribution in [3.05, 3.63) is 30.3 Å². The summed E-state index contributed by atoms with van der Waals surface area (Å²) in [6, 6.07) is 9.25. The van der Waals surface area contributed by atoms with Crippen LogP contribution in [-0.4, -0.2) is 24.7 Å². The zero-order chi connectivity index (χ0) is 17.5. The van der Waals surface area contributed by atoms with Crippen LogP contribution < -0.4 is 4.74 Å². The first-order valence-corrected chi connectivity index (χ1v) is 10.4. The van der Waals surface area contributed by atoms with Gasteiger partial charge in [-0.3, -0.25) is 9.05 Å². The van der Waals surface area contributed by atoms with Gasteiger partial charge in [0, 0.05) is 0 Å². The summed E-state index contributed by atoms with van der Waals surface area (Å²) in [4.78, 5) is 9.57. The Balaban J connectivity index is 1.96. The summed E-state index contributed by atoms with van der Waals surface area (Å²) in [5.41, 5.74) is 0. The van der Waals surface area contributed by atoms with Gasteiger partial charge in [0.05, 0.1) is 13.2 Å². The highest BCUT2D eigenvalue weighted by atomic mass is 31.2. The van der Waals surface area contributed by atoms with Gasteiger partial charge in [0.25, 0.3) is 0 Å². The summed E-state index contributed by atoms with van der Waals surface area (Å²) >= 11 is 0. The van der Waals surface area contributed by atoms with Crippen LogP contribution in [0.25, 0.3) is 0 Å². The standard InChI is InChI=1S/C18H31O5P/c1-2-3-4-5-6-7-8-12-15-22-24(19,20)23-17-16-21-18-13-10-9-11-14-18/h9-11,13-14H,2-8,12,15-17H2,1H3,(H,19,20). The van der Waals surface area contributed by atoms with E-state index in [0.717, 1.165) is 19.3 Å². The quantitative estimate of drug-likeness (QED) is 0.339. The smallest absolute Gasteiger partial charge is 0.472 e. The van der Waals surface area contributed by atoms with Gasteiger partial charge >= 0.3 is 7.82 Å². The Labute approximate surface area is 145 Å². The van der Waals surface area contributed by atoms with Gasteiger partial charge < -0.3 is 9.63 Å². The number of benzene rings is 1. The molecule has 1 rings (SSSR count). The predicted molar refractivity (Wildman–Crippen MR) is 96.3 cm³/mol. The highest BCUT2D eigenvalue weighted by Crippen LogP contribution is 2.43. The molecular weight excluding hydrogens is 327 g/mol. The van der Waals surface area contributed by atoms with E-state index in [9.17, 15) is 9.46 Å². The number of rotatable bonds is 15. The molecule has 1 aromatic carbocycles. The average Bonchev–Trinajstić information content (AvgIpc) is 2.58. The van der Waals surface area contributed by atoms with E-state index >= 15 is 0 Å². The second-order valence-electron chi connectivity index (χ2n) is 5.77. The molecule has 138 valence electrons. The first-order chi connectivity index (χ1) is 11.6. The van der Waals surface area contributed by atoms with Gasteiger partial charge in [-0.05, 0) is 18.6 Å². The Morgan fingerprint density at radius 2 is 1.42 bits per heavy atom. The van der Waals surface area contributed by atoms with E-state index in [1.54, 1.807) is 0 Å². The molecule has 5 nitrogen and oxygen atoms in total. The summed E-state index contributed by atoms with van der Waals surface area (Å²) in [6.45, 7) is 2.68. The molecule has 0 spiro atoms. The first-order valence-electron chi connectivity index (χ1n) is 8.94. The fourth-order valence-electron chi connectivity index (χ4n) is 2.28. The van der Waals surface area contributed by atoms with Crippen molar-refractivity contribution >= 4 is 7.82 Å². The number of phosphoric ester groups is 1.